The maximum Gasteiger partial charge on any atom is 0.475 e. The van der Waals surface area contributed by atoms with Gasteiger partial charge in [0, 0.05) is 17.9 Å². The largest absolute Gasteiger partial charge is 0.475 e. The molecule has 1 aromatic carbocycles. The van der Waals surface area contributed by atoms with E-state index in [2.05, 4.69) is 9.71 Å². The average molecular weight is 338 g/mol. The molecule has 1 atom stereocenters. The zero-order valence-electron chi connectivity index (χ0n) is 12.8. The number of hydrogen-bond acceptors (Lipinski definition) is 5. The molecule has 2 aromatic rings. The molecule has 0 spiro atoms. The standard InChI is InChI=1S/C14H19BN2O5S/c1-23(2,21)16-8-14(18)17-13(15(19)20)7-10-9-22-12-6-4-3-5-11(10)12/h3-6,8-9,13,19-20,23H,7H2,1-2H3,(H,17,18)/t13-/m0/s1. The van der Waals surface area contributed by atoms with Gasteiger partial charge in [-0.25, -0.2) is 4.40 Å². The number of thiol groups is 1. The minimum Gasteiger partial charge on any atom is -0.464 e. The Labute approximate surface area is 135 Å². The molecule has 3 N–H and O–H groups in total. The van der Waals surface area contributed by atoms with Crippen LogP contribution >= 0.6 is 0 Å². The van der Waals surface area contributed by atoms with E-state index in [4.69, 9.17) is 4.42 Å². The first-order chi connectivity index (χ1) is 10.8. The first kappa shape index (κ1) is 17.4. The quantitative estimate of drug-likeness (QED) is 0.329. The number of hydrogen-bond donors (Lipinski definition) is 4. The summed E-state index contributed by atoms with van der Waals surface area (Å²) in [5, 5.41) is 22.2. The number of benzene rings is 1. The SMILES string of the molecule is C[SH](C)(=O)N=CC(=O)N[C@@H](Cc1coc2ccccc12)B(O)O. The Balaban J connectivity index is 2.12. The van der Waals surface area contributed by atoms with Gasteiger partial charge in [-0.1, -0.05) is 18.2 Å². The van der Waals surface area contributed by atoms with Crippen LogP contribution in [0, 0.1) is 0 Å². The van der Waals surface area contributed by atoms with Crippen LogP contribution in [-0.2, 0) is 21.3 Å². The van der Waals surface area contributed by atoms with Crippen LogP contribution in [0.1, 0.15) is 5.56 Å². The minimum absolute atomic E-state index is 0.171. The number of rotatable bonds is 6. The molecule has 2 rings (SSSR count). The molecule has 0 unspecified atom stereocenters. The molecule has 0 aliphatic rings. The van der Waals surface area contributed by atoms with Crippen LogP contribution in [0.25, 0.3) is 11.0 Å². The molecule has 9 heteroatoms. The number of carbonyl (C=O) groups excluding carboxylic acids is 1. The molecule has 0 saturated heterocycles. The van der Waals surface area contributed by atoms with Crippen molar-refractivity contribution in [2.45, 2.75) is 12.4 Å². The van der Waals surface area contributed by atoms with Crippen molar-refractivity contribution in [3.8, 4) is 0 Å². The number of fused-ring (bicyclic) bond motifs is 1. The third-order valence-electron chi connectivity index (χ3n) is 3.14. The van der Waals surface area contributed by atoms with Crippen LogP contribution in [0.2, 0.25) is 0 Å². The predicted octanol–water partition coefficient (Wildman–Crippen LogP) is -0.266. The summed E-state index contributed by atoms with van der Waals surface area (Å²) in [7, 11) is -4.46. The van der Waals surface area contributed by atoms with E-state index in [9.17, 15) is 19.1 Å². The highest BCUT2D eigenvalue weighted by Crippen LogP contribution is 2.22. The van der Waals surface area contributed by atoms with Gasteiger partial charge < -0.3 is 19.8 Å². The Hall–Kier alpha value is -1.97. The third kappa shape index (κ3) is 5.02. The average Bonchev–Trinajstić information content (AvgIpc) is 2.87. The van der Waals surface area contributed by atoms with E-state index >= 15 is 0 Å². The normalized spacial score (nSPS) is 14.1. The second kappa shape index (κ2) is 7.07. The maximum absolute atomic E-state index is 11.8. The van der Waals surface area contributed by atoms with Crippen LogP contribution in [0.4, 0.5) is 0 Å². The van der Waals surface area contributed by atoms with E-state index in [1.807, 2.05) is 18.2 Å². The van der Waals surface area contributed by atoms with Crippen molar-refractivity contribution in [2.75, 3.05) is 12.5 Å². The number of para-hydroxylation sites is 1. The van der Waals surface area contributed by atoms with Gasteiger partial charge in [-0.2, -0.15) is 0 Å². The zero-order valence-corrected chi connectivity index (χ0v) is 13.7. The minimum atomic E-state index is -2.71. The molecule has 0 bridgehead atoms. The van der Waals surface area contributed by atoms with E-state index in [0.717, 1.165) is 17.2 Å². The van der Waals surface area contributed by atoms with Gasteiger partial charge in [0.15, 0.2) is 0 Å². The van der Waals surface area contributed by atoms with Gasteiger partial charge in [0.05, 0.1) is 12.2 Å². The lowest BCUT2D eigenvalue weighted by molar-refractivity contribution is -0.114. The molecule has 1 amide bonds. The third-order valence-corrected chi connectivity index (χ3v) is 3.81. The number of furan rings is 1. The zero-order chi connectivity index (χ0) is 17.0. The fourth-order valence-corrected chi connectivity index (χ4v) is 2.45. The summed E-state index contributed by atoms with van der Waals surface area (Å²) in [6.45, 7) is 0. The summed E-state index contributed by atoms with van der Waals surface area (Å²) in [5.74, 6) is -1.58. The number of nitrogens with zero attached hydrogens (tertiary/aromatic N) is 1. The topological polar surface area (TPSA) is 112 Å². The summed E-state index contributed by atoms with van der Waals surface area (Å²) < 4.78 is 20.5. The van der Waals surface area contributed by atoms with Crippen molar-refractivity contribution >= 4 is 40.3 Å². The molecule has 7 nitrogen and oxygen atoms in total. The van der Waals surface area contributed by atoms with Crippen LogP contribution in [0.15, 0.2) is 39.3 Å². The molecular formula is C14H19BN2O5S. The van der Waals surface area contributed by atoms with Gasteiger partial charge in [0.2, 0.25) is 0 Å². The van der Waals surface area contributed by atoms with Gasteiger partial charge in [-0.05, 0) is 28.2 Å². The fourth-order valence-electron chi connectivity index (χ4n) is 2.07. The smallest absolute Gasteiger partial charge is 0.464 e. The molecule has 1 heterocycles. The molecule has 0 aliphatic carbocycles. The summed E-state index contributed by atoms with van der Waals surface area (Å²) in [6, 6.07) is 7.33. The molecule has 0 aliphatic heterocycles. The lowest BCUT2D eigenvalue weighted by Crippen LogP contribution is -2.48. The van der Waals surface area contributed by atoms with Crippen molar-refractivity contribution in [3.63, 3.8) is 0 Å². The van der Waals surface area contributed by atoms with Crippen LogP contribution < -0.4 is 5.32 Å². The van der Waals surface area contributed by atoms with E-state index in [1.165, 1.54) is 18.8 Å². The maximum atomic E-state index is 11.8. The van der Waals surface area contributed by atoms with Crippen LogP contribution in [0.5, 0.6) is 0 Å². The molecule has 124 valence electrons. The van der Waals surface area contributed by atoms with Gasteiger partial charge in [-0.15, -0.1) is 0 Å². The number of carbonyl (C=O) groups is 1. The Morgan fingerprint density at radius 3 is 2.78 bits per heavy atom. The molecular weight excluding hydrogens is 319 g/mol. The Morgan fingerprint density at radius 2 is 2.13 bits per heavy atom. The van der Waals surface area contributed by atoms with E-state index in [0.29, 0.717) is 5.58 Å². The first-order valence-corrected chi connectivity index (χ1v) is 9.54. The first-order valence-electron chi connectivity index (χ1n) is 6.98. The molecule has 23 heavy (non-hydrogen) atoms. The van der Waals surface area contributed by atoms with Gasteiger partial charge in [-0.3, -0.25) is 9.00 Å². The Kier molecular flexibility index (Phi) is 5.35. The summed E-state index contributed by atoms with van der Waals surface area (Å²) in [4.78, 5) is 11.8. The second-order valence-corrected chi connectivity index (χ2v) is 8.35. The number of nitrogens with one attached hydrogen (secondary N) is 1. The van der Waals surface area contributed by atoms with Gasteiger partial charge in [0.1, 0.15) is 11.8 Å². The lowest BCUT2D eigenvalue weighted by Gasteiger charge is -2.16. The van der Waals surface area contributed by atoms with Crippen molar-refractivity contribution in [1.29, 1.82) is 0 Å². The van der Waals surface area contributed by atoms with Gasteiger partial charge in [0.25, 0.3) is 5.91 Å². The summed E-state index contributed by atoms with van der Waals surface area (Å²) in [6.07, 6.45) is 5.44. The Bertz CT molecular complexity index is 767. The molecule has 0 saturated carbocycles. The van der Waals surface area contributed by atoms with E-state index < -0.39 is 29.1 Å². The lowest BCUT2D eigenvalue weighted by atomic mass is 9.76. The highest BCUT2D eigenvalue weighted by Gasteiger charge is 2.26. The second-order valence-electron chi connectivity index (χ2n) is 5.53. The van der Waals surface area contributed by atoms with E-state index in [-0.39, 0.29) is 6.42 Å². The highest BCUT2D eigenvalue weighted by atomic mass is 32.3. The van der Waals surface area contributed by atoms with Crippen molar-refractivity contribution in [3.05, 3.63) is 36.1 Å². The molecule has 0 radical (unpaired) electrons. The molecule has 0 fully saturated rings. The van der Waals surface area contributed by atoms with Crippen LogP contribution in [-0.4, -0.2) is 51.9 Å². The predicted molar refractivity (Wildman–Crippen MR) is 91.9 cm³/mol. The summed E-state index contributed by atoms with van der Waals surface area (Å²) in [5.41, 5.74) is 1.42. The summed E-state index contributed by atoms with van der Waals surface area (Å²) >= 11 is 0. The van der Waals surface area contributed by atoms with Crippen molar-refractivity contribution in [2.24, 2.45) is 4.40 Å². The van der Waals surface area contributed by atoms with Gasteiger partial charge >= 0.3 is 7.12 Å². The highest BCUT2D eigenvalue weighted by molar-refractivity contribution is 8.00. The van der Waals surface area contributed by atoms with Crippen molar-refractivity contribution < 1.29 is 23.5 Å². The fraction of sp³-hybridized carbons (Fsp3) is 0.286. The van der Waals surface area contributed by atoms with Crippen molar-refractivity contribution in [1.82, 2.24) is 5.32 Å². The molecule has 1 aromatic heterocycles. The Morgan fingerprint density at radius 1 is 1.43 bits per heavy atom. The monoisotopic (exact) mass is 338 g/mol. The number of amides is 1. The van der Waals surface area contributed by atoms with Crippen LogP contribution in [0.3, 0.4) is 0 Å². The van der Waals surface area contributed by atoms with E-state index in [1.54, 1.807) is 6.07 Å².